The van der Waals surface area contributed by atoms with Gasteiger partial charge in [0.15, 0.2) is 12.4 Å². The van der Waals surface area contributed by atoms with Crippen molar-refractivity contribution in [1.29, 1.82) is 0 Å². The lowest BCUT2D eigenvalue weighted by atomic mass is 10.2. The van der Waals surface area contributed by atoms with Crippen molar-refractivity contribution < 1.29 is 19.8 Å². The van der Waals surface area contributed by atoms with E-state index in [-0.39, 0.29) is 6.29 Å². The number of hydrogen-bond acceptors (Lipinski definition) is 4. The third-order valence-electron chi connectivity index (χ3n) is 2.13. The molecule has 1 heterocycles. The van der Waals surface area contributed by atoms with E-state index in [1.807, 2.05) is 0 Å². The maximum Gasteiger partial charge on any atom is 0.254 e. The van der Waals surface area contributed by atoms with Gasteiger partial charge < -0.3 is 19.9 Å². The van der Waals surface area contributed by atoms with Crippen LogP contribution in [-0.4, -0.2) is 52.6 Å². The average Bonchev–Trinajstić information content (AvgIpc) is 2.67. The molecule has 5 heteroatoms. The molecule has 0 spiro atoms. The van der Waals surface area contributed by atoms with E-state index in [4.69, 9.17) is 5.11 Å². The first-order valence-corrected chi connectivity index (χ1v) is 4.27. The van der Waals surface area contributed by atoms with Gasteiger partial charge in [-0.3, -0.25) is 4.79 Å². The van der Waals surface area contributed by atoms with E-state index in [2.05, 4.69) is 0 Å². The van der Waals surface area contributed by atoms with Gasteiger partial charge in [-0.25, -0.2) is 0 Å². The zero-order valence-electron chi connectivity index (χ0n) is 7.22. The Morgan fingerprint density at radius 2 is 1.85 bits per heavy atom. The van der Waals surface area contributed by atoms with Crippen LogP contribution in [0.5, 0.6) is 0 Å². The Morgan fingerprint density at radius 1 is 1.31 bits per heavy atom. The van der Waals surface area contributed by atoms with E-state index in [1.54, 1.807) is 0 Å². The second-order valence-corrected chi connectivity index (χ2v) is 3.10. The molecule has 0 aromatic heterocycles. The molecule has 0 unspecified atom stereocenters. The second kappa shape index (κ2) is 4.34. The van der Waals surface area contributed by atoms with Crippen LogP contribution in [0.25, 0.3) is 0 Å². The molecule has 74 valence electrons. The number of carbonyl (C=O) groups excluding carboxylic acids is 2. The molecule has 0 aromatic rings. The number of nitrogens with zero attached hydrogens (tertiary/aromatic N) is 1. The van der Waals surface area contributed by atoms with Gasteiger partial charge in [0, 0.05) is 13.1 Å². The van der Waals surface area contributed by atoms with E-state index < -0.39 is 18.1 Å². The summed E-state index contributed by atoms with van der Waals surface area (Å²) in [7, 11) is 0. The standard InChI is InChI=1S/C8H13NO4/c10-5-6(11)7(12)8(13)9-3-1-2-4-9/h5-7,11-12H,1-4H2/t6-,7+/m0/s1. The fourth-order valence-corrected chi connectivity index (χ4v) is 1.35. The van der Waals surface area contributed by atoms with E-state index in [0.29, 0.717) is 13.1 Å². The highest BCUT2D eigenvalue weighted by Crippen LogP contribution is 2.09. The van der Waals surface area contributed by atoms with Crippen LogP contribution in [0, 0.1) is 0 Å². The van der Waals surface area contributed by atoms with E-state index in [0.717, 1.165) is 12.8 Å². The predicted molar refractivity (Wildman–Crippen MR) is 43.9 cm³/mol. The number of aldehydes is 1. The van der Waals surface area contributed by atoms with Gasteiger partial charge in [0.05, 0.1) is 0 Å². The topological polar surface area (TPSA) is 77.8 Å². The van der Waals surface area contributed by atoms with Gasteiger partial charge >= 0.3 is 0 Å². The van der Waals surface area contributed by atoms with Crippen molar-refractivity contribution in [3.05, 3.63) is 0 Å². The van der Waals surface area contributed by atoms with Crippen molar-refractivity contribution in [2.24, 2.45) is 0 Å². The van der Waals surface area contributed by atoms with Crippen LogP contribution in [0.15, 0.2) is 0 Å². The molecule has 1 aliphatic heterocycles. The molecule has 0 saturated carbocycles. The Morgan fingerprint density at radius 3 is 2.31 bits per heavy atom. The normalized spacial score (nSPS) is 21.2. The summed E-state index contributed by atoms with van der Waals surface area (Å²) in [5.41, 5.74) is 0. The van der Waals surface area contributed by atoms with Gasteiger partial charge in [-0.2, -0.15) is 0 Å². The molecule has 2 N–H and O–H groups in total. The highest BCUT2D eigenvalue weighted by Gasteiger charge is 2.29. The fourth-order valence-electron chi connectivity index (χ4n) is 1.35. The van der Waals surface area contributed by atoms with Gasteiger partial charge in [-0.15, -0.1) is 0 Å². The van der Waals surface area contributed by atoms with E-state index >= 15 is 0 Å². The predicted octanol–water partition coefficient (Wildman–Crippen LogP) is -1.47. The lowest BCUT2D eigenvalue weighted by Crippen LogP contribution is -2.44. The molecule has 0 aliphatic carbocycles. The fraction of sp³-hybridized carbons (Fsp3) is 0.750. The number of hydrogen-bond donors (Lipinski definition) is 2. The second-order valence-electron chi connectivity index (χ2n) is 3.10. The Hall–Kier alpha value is -0.940. The van der Waals surface area contributed by atoms with Crippen LogP contribution in [0.3, 0.4) is 0 Å². The molecule has 0 aromatic carbocycles. The van der Waals surface area contributed by atoms with Gasteiger partial charge in [-0.1, -0.05) is 0 Å². The zero-order valence-corrected chi connectivity index (χ0v) is 7.22. The molecular weight excluding hydrogens is 174 g/mol. The SMILES string of the molecule is O=C[C@H](O)[C@@H](O)C(=O)N1CCCC1. The Balaban J connectivity index is 2.50. The largest absolute Gasteiger partial charge is 0.382 e. The number of aliphatic hydroxyl groups excluding tert-OH is 2. The maximum absolute atomic E-state index is 11.3. The molecule has 2 atom stereocenters. The quantitative estimate of drug-likeness (QED) is 0.529. The van der Waals surface area contributed by atoms with Gasteiger partial charge in [0.1, 0.15) is 6.10 Å². The first kappa shape index (κ1) is 10.1. The van der Waals surface area contributed by atoms with Crippen LogP contribution < -0.4 is 0 Å². The molecule has 1 aliphatic rings. The summed E-state index contributed by atoms with van der Waals surface area (Å²) in [6, 6.07) is 0. The maximum atomic E-state index is 11.3. The summed E-state index contributed by atoms with van der Waals surface area (Å²) < 4.78 is 0. The van der Waals surface area contributed by atoms with Crippen molar-refractivity contribution in [2.45, 2.75) is 25.0 Å². The first-order chi connectivity index (χ1) is 6.16. The number of carbonyl (C=O) groups is 2. The minimum absolute atomic E-state index is 0.165. The zero-order chi connectivity index (χ0) is 9.84. The highest BCUT2D eigenvalue weighted by atomic mass is 16.3. The summed E-state index contributed by atoms with van der Waals surface area (Å²) in [6.45, 7) is 1.20. The molecule has 5 nitrogen and oxygen atoms in total. The van der Waals surface area contributed by atoms with Crippen LogP contribution >= 0.6 is 0 Å². The van der Waals surface area contributed by atoms with Gasteiger partial charge in [-0.05, 0) is 12.8 Å². The molecule has 1 saturated heterocycles. The lowest BCUT2D eigenvalue weighted by Gasteiger charge is -2.20. The number of rotatable bonds is 3. The first-order valence-electron chi connectivity index (χ1n) is 4.27. The monoisotopic (exact) mass is 187 g/mol. The summed E-state index contributed by atoms with van der Waals surface area (Å²) >= 11 is 0. The van der Waals surface area contributed by atoms with Crippen molar-refractivity contribution in [3.63, 3.8) is 0 Å². The molecule has 0 radical (unpaired) electrons. The third kappa shape index (κ3) is 2.26. The van der Waals surface area contributed by atoms with Gasteiger partial charge in [0.2, 0.25) is 0 Å². The molecule has 0 bridgehead atoms. The average molecular weight is 187 g/mol. The number of amides is 1. The summed E-state index contributed by atoms with van der Waals surface area (Å²) in [6.07, 6.45) is -1.21. The minimum atomic E-state index is -1.60. The smallest absolute Gasteiger partial charge is 0.254 e. The molecule has 1 amide bonds. The summed E-state index contributed by atoms with van der Waals surface area (Å²) in [5, 5.41) is 18.1. The molecule has 1 fully saturated rings. The van der Waals surface area contributed by atoms with Crippen molar-refractivity contribution >= 4 is 12.2 Å². The number of aliphatic hydroxyl groups is 2. The Labute approximate surface area is 76.0 Å². The van der Waals surface area contributed by atoms with Crippen molar-refractivity contribution in [2.75, 3.05) is 13.1 Å². The van der Waals surface area contributed by atoms with Crippen LogP contribution in [0.1, 0.15) is 12.8 Å². The lowest BCUT2D eigenvalue weighted by molar-refractivity contribution is -0.147. The van der Waals surface area contributed by atoms with Crippen molar-refractivity contribution in [1.82, 2.24) is 4.90 Å². The van der Waals surface area contributed by atoms with Gasteiger partial charge in [0.25, 0.3) is 5.91 Å². The molecule has 13 heavy (non-hydrogen) atoms. The molecule has 1 rings (SSSR count). The van der Waals surface area contributed by atoms with E-state index in [1.165, 1.54) is 4.90 Å². The molecular formula is C8H13NO4. The highest BCUT2D eigenvalue weighted by molar-refractivity contribution is 5.84. The summed E-state index contributed by atoms with van der Waals surface area (Å²) in [5.74, 6) is -0.558. The van der Waals surface area contributed by atoms with E-state index in [9.17, 15) is 14.7 Å². The Bertz CT molecular complexity index is 200. The third-order valence-corrected chi connectivity index (χ3v) is 2.13. The van der Waals surface area contributed by atoms with Crippen LogP contribution in [0.2, 0.25) is 0 Å². The summed E-state index contributed by atoms with van der Waals surface area (Å²) in [4.78, 5) is 22.8. The Kier molecular flexibility index (Phi) is 3.39. The van der Waals surface area contributed by atoms with Crippen molar-refractivity contribution in [3.8, 4) is 0 Å². The number of likely N-dealkylation sites (tertiary alicyclic amines) is 1. The minimum Gasteiger partial charge on any atom is -0.382 e. The van der Waals surface area contributed by atoms with Crippen LogP contribution in [0.4, 0.5) is 0 Å². The van der Waals surface area contributed by atoms with Crippen LogP contribution in [-0.2, 0) is 9.59 Å².